The van der Waals surface area contributed by atoms with Crippen LogP contribution in [-0.4, -0.2) is 76.9 Å². The Kier molecular flexibility index (Phi) is 9.64. The Morgan fingerprint density at radius 3 is 2.36 bits per heavy atom. The largest absolute Gasteiger partial charge is 0.492 e. The van der Waals surface area contributed by atoms with Crippen molar-refractivity contribution < 1.29 is 19.1 Å². The van der Waals surface area contributed by atoms with Crippen molar-refractivity contribution in [3.05, 3.63) is 78.4 Å². The molecule has 0 aliphatic carbocycles. The van der Waals surface area contributed by atoms with Crippen molar-refractivity contribution in [2.45, 2.75) is 6.92 Å². The molecule has 206 valence electrons. The van der Waals surface area contributed by atoms with E-state index in [2.05, 4.69) is 26.5 Å². The normalized spacial score (nSPS) is 13.5. The number of nitrogens with one attached hydrogen (secondary N) is 2. The van der Waals surface area contributed by atoms with Crippen LogP contribution in [0.5, 0.6) is 5.75 Å². The van der Waals surface area contributed by atoms with E-state index in [0.29, 0.717) is 36.8 Å². The highest BCUT2D eigenvalue weighted by Gasteiger charge is 2.18. The summed E-state index contributed by atoms with van der Waals surface area (Å²) in [6.45, 7) is 6.78. The number of hydrogen-bond donors (Lipinski definition) is 2. The Hall–Kier alpha value is -4.24. The Labute approximate surface area is 230 Å². The molecule has 2 N–H and O–H groups in total. The number of nitrogens with zero attached hydrogens (tertiary/aromatic N) is 3. The van der Waals surface area contributed by atoms with Gasteiger partial charge in [0.2, 0.25) is 0 Å². The van der Waals surface area contributed by atoms with E-state index in [0.717, 1.165) is 43.2 Å². The smallest absolute Gasteiger partial charge is 0.411 e. The SMILES string of the molecule is CCOc1ccccc1NC(=O)OCCN1CCN(c2cccc(NC(=O)c3ccc(N(C)C)cc3)c2)CC1. The minimum absolute atomic E-state index is 0.132. The maximum absolute atomic E-state index is 12.7. The molecule has 39 heavy (non-hydrogen) atoms. The Morgan fingerprint density at radius 1 is 0.897 bits per heavy atom. The number of hydrogen-bond acceptors (Lipinski definition) is 7. The van der Waals surface area contributed by atoms with Crippen LogP contribution < -0.4 is 25.2 Å². The maximum Gasteiger partial charge on any atom is 0.411 e. The van der Waals surface area contributed by atoms with Crippen LogP contribution >= 0.6 is 0 Å². The van der Waals surface area contributed by atoms with Gasteiger partial charge in [0.25, 0.3) is 5.91 Å². The second kappa shape index (κ2) is 13.5. The summed E-state index contributed by atoms with van der Waals surface area (Å²) in [5.74, 6) is 0.489. The molecule has 3 aromatic carbocycles. The first-order valence-corrected chi connectivity index (χ1v) is 13.2. The van der Waals surface area contributed by atoms with E-state index in [9.17, 15) is 9.59 Å². The third-order valence-corrected chi connectivity index (χ3v) is 6.55. The molecule has 0 unspecified atom stereocenters. The average molecular weight is 532 g/mol. The zero-order valence-corrected chi connectivity index (χ0v) is 22.9. The van der Waals surface area contributed by atoms with E-state index in [1.807, 2.05) is 86.6 Å². The van der Waals surface area contributed by atoms with Crippen LogP contribution in [0.4, 0.5) is 27.5 Å². The van der Waals surface area contributed by atoms with E-state index in [4.69, 9.17) is 9.47 Å². The van der Waals surface area contributed by atoms with Crippen LogP contribution in [0.2, 0.25) is 0 Å². The van der Waals surface area contributed by atoms with Gasteiger partial charge >= 0.3 is 6.09 Å². The van der Waals surface area contributed by atoms with Crippen LogP contribution in [0.15, 0.2) is 72.8 Å². The maximum atomic E-state index is 12.7. The van der Waals surface area contributed by atoms with Gasteiger partial charge in [0.15, 0.2) is 0 Å². The molecule has 0 radical (unpaired) electrons. The first-order chi connectivity index (χ1) is 18.9. The van der Waals surface area contributed by atoms with Gasteiger partial charge in [0, 0.05) is 69.4 Å². The van der Waals surface area contributed by atoms with Crippen LogP contribution in [0.1, 0.15) is 17.3 Å². The van der Waals surface area contributed by atoms with Crippen LogP contribution in [0, 0.1) is 0 Å². The molecule has 0 spiro atoms. The third-order valence-electron chi connectivity index (χ3n) is 6.55. The minimum Gasteiger partial charge on any atom is -0.492 e. The fourth-order valence-electron chi connectivity index (χ4n) is 4.39. The average Bonchev–Trinajstić information content (AvgIpc) is 2.95. The zero-order chi connectivity index (χ0) is 27.6. The predicted molar refractivity (Wildman–Crippen MR) is 156 cm³/mol. The molecule has 3 aromatic rings. The second-order valence-corrected chi connectivity index (χ2v) is 9.46. The van der Waals surface area contributed by atoms with E-state index < -0.39 is 6.09 Å². The van der Waals surface area contributed by atoms with Gasteiger partial charge in [-0.1, -0.05) is 18.2 Å². The summed E-state index contributed by atoms with van der Waals surface area (Å²) in [4.78, 5) is 31.6. The minimum atomic E-state index is -0.492. The lowest BCUT2D eigenvalue weighted by molar-refractivity contribution is 0.102. The van der Waals surface area contributed by atoms with E-state index >= 15 is 0 Å². The van der Waals surface area contributed by atoms with Gasteiger partial charge in [0.1, 0.15) is 12.4 Å². The van der Waals surface area contributed by atoms with E-state index in [1.54, 1.807) is 6.07 Å². The first kappa shape index (κ1) is 27.8. The van der Waals surface area contributed by atoms with Crippen LogP contribution in [0.25, 0.3) is 0 Å². The molecule has 1 heterocycles. The lowest BCUT2D eigenvalue weighted by atomic mass is 10.1. The summed E-state index contributed by atoms with van der Waals surface area (Å²) < 4.78 is 10.9. The molecule has 4 rings (SSSR count). The summed E-state index contributed by atoms with van der Waals surface area (Å²) in [6, 6.07) is 22.8. The molecule has 1 saturated heterocycles. The molecule has 2 amide bonds. The summed E-state index contributed by atoms with van der Waals surface area (Å²) in [5.41, 5.74) is 4.10. The summed E-state index contributed by atoms with van der Waals surface area (Å²) >= 11 is 0. The highest BCUT2D eigenvalue weighted by atomic mass is 16.5. The topological polar surface area (TPSA) is 86.4 Å². The number of anilines is 4. The van der Waals surface area contributed by atoms with Crippen LogP contribution in [-0.2, 0) is 4.74 Å². The predicted octanol–water partition coefficient (Wildman–Crippen LogP) is 4.77. The molecule has 0 atom stereocenters. The number of benzene rings is 3. The molecule has 1 fully saturated rings. The standard InChI is InChI=1S/C30H37N5O4/c1-4-38-28-11-6-5-10-27(28)32-30(37)39-21-20-34-16-18-35(19-17-34)26-9-7-8-24(22-26)31-29(36)23-12-14-25(15-13-23)33(2)3/h5-15,22H,4,16-21H2,1-3H3,(H,31,36)(H,32,37). The molecule has 9 heteroatoms. The van der Waals surface area contributed by atoms with Crippen molar-refractivity contribution >= 4 is 34.7 Å². The number of carbonyl (C=O) groups is 2. The number of ether oxygens (including phenoxy) is 2. The van der Waals surface area contributed by atoms with Gasteiger partial charge in [-0.05, 0) is 61.5 Å². The summed E-state index contributed by atoms with van der Waals surface area (Å²) in [7, 11) is 3.94. The Morgan fingerprint density at radius 2 is 1.64 bits per heavy atom. The highest BCUT2D eigenvalue weighted by Crippen LogP contribution is 2.24. The molecule has 0 saturated carbocycles. The molecule has 0 aromatic heterocycles. The Bertz CT molecular complexity index is 1240. The second-order valence-electron chi connectivity index (χ2n) is 9.46. The fourth-order valence-corrected chi connectivity index (χ4v) is 4.39. The van der Waals surface area contributed by atoms with Crippen molar-refractivity contribution in [1.29, 1.82) is 0 Å². The highest BCUT2D eigenvalue weighted by molar-refractivity contribution is 6.04. The van der Waals surface area contributed by atoms with Crippen molar-refractivity contribution in [2.75, 3.05) is 80.5 Å². The van der Waals surface area contributed by atoms with Gasteiger partial charge in [-0.2, -0.15) is 0 Å². The van der Waals surface area contributed by atoms with E-state index in [-0.39, 0.29) is 5.91 Å². The molecule has 9 nitrogen and oxygen atoms in total. The lowest BCUT2D eigenvalue weighted by Gasteiger charge is -2.36. The van der Waals surface area contributed by atoms with Gasteiger partial charge in [-0.25, -0.2) is 4.79 Å². The van der Waals surface area contributed by atoms with Crippen LogP contribution in [0.3, 0.4) is 0 Å². The molecular formula is C30H37N5O4. The summed E-state index contributed by atoms with van der Waals surface area (Å²) in [6.07, 6.45) is -0.492. The van der Waals surface area contributed by atoms with Crippen molar-refractivity contribution in [3.63, 3.8) is 0 Å². The lowest BCUT2D eigenvalue weighted by Crippen LogP contribution is -2.47. The van der Waals surface area contributed by atoms with Gasteiger partial charge in [-0.15, -0.1) is 0 Å². The van der Waals surface area contributed by atoms with Gasteiger partial charge < -0.3 is 24.6 Å². The molecule has 1 aliphatic heterocycles. The molecule has 0 bridgehead atoms. The van der Waals surface area contributed by atoms with Crippen molar-refractivity contribution in [1.82, 2.24) is 4.90 Å². The zero-order valence-electron chi connectivity index (χ0n) is 22.9. The molecule has 1 aliphatic rings. The Balaban J connectivity index is 1.21. The number of para-hydroxylation sites is 2. The van der Waals surface area contributed by atoms with Crippen molar-refractivity contribution in [3.8, 4) is 5.75 Å². The number of carbonyl (C=O) groups excluding carboxylic acids is 2. The number of piperazine rings is 1. The van der Waals surface area contributed by atoms with Gasteiger partial charge in [-0.3, -0.25) is 15.0 Å². The van der Waals surface area contributed by atoms with E-state index in [1.165, 1.54) is 0 Å². The van der Waals surface area contributed by atoms with Crippen molar-refractivity contribution in [2.24, 2.45) is 0 Å². The number of amides is 2. The number of rotatable bonds is 10. The molecular weight excluding hydrogens is 494 g/mol. The fraction of sp³-hybridized carbons (Fsp3) is 0.333. The quantitative estimate of drug-likeness (QED) is 0.390. The third kappa shape index (κ3) is 7.87. The first-order valence-electron chi connectivity index (χ1n) is 13.2. The summed E-state index contributed by atoms with van der Waals surface area (Å²) in [5, 5.41) is 5.76. The van der Waals surface area contributed by atoms with Gasteiger partial charge in [0.05, 0.1) is 12.3 Å². The monoisotopic (exact) mass is 531 g/mol.